The third kappa shape index (κ3) is 4.41. The highest BCUT2D eigenvalue weighted by molar-refractivity contribution is 5.69. The fraction of sp³-hybridized carbons (Fsp3) is 0.222. The summed E-state index contributed by atoms with van der Waals surface area (Å²) in [6.07, 6.45) is -3.27. The number of alkyl halides is 3. The number of aromatic nitrogens is 4. The SMILES string of the molecule is Cc1c(-c2ccnn2-c2ccc(C#N)cc2)c(=O)n(C2(CC(=O)O)CC2)c(=O)n1-c1cccc(C(F)(F)F)c1. The first kappa shape index (κ1) is 25.7. The molecular weight excluding hydrogens is 515 g/mol. The smallest absolute Gasteiger partial charge is 0.416 e. The molecule has 1 aliphatic rings. The number of hydrogen-bond acceptors (Lipinski definition) is 5. The van der Waals surface area contributed by atoms with Crippen molar-refractivity contribution >= 4 is 5.97 Å². The van der Waals surface area contributed by atoms with Crippen LogP contribution in [-0.4, -0.2) is 30.0 Å². The van der Waals surface area contributed by atoms with E-state index in [1.54, 1.807) is 24.3 Å². The van der Waals surface area contributed by atoms with Gasteiger partial charge >= 0.3 is 17.8 Å². The molecule has 0 bridgehead atoms. The molecule has 0 atom stereocenters. The van der Waals surface area contributed by atoms with E-state index in [2.05, 4.69) is 5.10 Å². The number of halogens is 3. The van der Waals surface area contributed by atoms with Gasteiger partial charge in [0.1, 0.15) is 0 Å². The number of rotatable bonds is 6. The summed E-state index contributed by atoms with van der Waals surface area (Å²) in [7, 11) is 0. The molecule has 12 heteroatoms. The van der Waals surface area contributed by atoms with Crippen LogP contribution in [0.25, 0.3) is 22.6 Å². The molecule has 0 saturated heterocycles. The van der Waals surface area contributed by atoms with Gasteiger partial charge in [-0.3, -0.25) is 18.7 Å². The fourth-order valence-corrected chi connectivity index (χ4v) is 4.83. The highest BCUT2D eigenvalue weighted by Gasteiger charge is 2.49. The van der Waals surface area contributed by atoms with Gasteiger partial charge in [0.15, 0.2) is 0 Å². The molecule has 0 spiro atoms. The van der Waals surface area contributed by atoms with Crippen molar-refractivity contribution in [2.45, 2.75) is 37.9 Å². The van der Waals surface area contributed by atoms with Gasteiger partial charge < -0.3 is 5.11 Å². The van der Waals surface area contributed by atoms with Crippen LogP contribution in [0.3, 0.4) is 0 Å². The Labute approximate surface area is 218 Å². The Morgan fingerprint density at radius 3 is 2.38 bits per heavy atom. The first-order valence-electron chi connectivity index (χ1n) is 11.8. The van der Waals surface area contributed by atoms with Crippen molar-refractivity contribution in [3.8, 4) is 28.7 Å². The van der Waals surface area contributed by atoms with E-state index in [9.17, 15) is 32.7 Å². The summed E-state index contributed by atoms with van der Waals surface area (Å²) in [4.78, 5) is 39.4. The number of carboxylic acid groups (broad SMARTS) is 1. The third-order valence-electron chi connectivity index (χ3n) is 6.85. The summed E-state index contributed by atoms with van der Waals surface area (Å²) in [5, 5.41) is 22.9. The van der Waals surface area contributed by atoms with Crippen molar-refractivity contribution < 1.29 is 23.1 Å². The molecule has 0 radical (unpaired) electrons. The van der Waals surface area contributed by atoms with E-state index in [1.807, 2.05) is 6.07 Å². The number of carboxylic acids is 1. The molecule has 0 aliphatic heterocycles. The Morgan fingerprint density at radius 2 is 1.79 bits per heavy atom. The zero-order chi connectivity index (χ0) is 28.1. The summed E-state index contributed by atoms with van der Waals surface area (Å²) in [6, 6.07) is 14.0. The van der Waals surface area contributed by atoms with Gasteiger partial charge in [-0.05, 0) is 68.3 Å². The zero-order valence-electron chi connectivity index (χ0n) is 20.4. The van der Waals surface area contributed by atoms with E-state index in [-0.39, 0.29) is 35.5 Å². The number of aliphatic carboxylic acids is 1. The largest absolute Gasteiger partial charge is 0.481 e. The zero-order valence-corrected chi connectivity index (χ0v) is 20.4. The number of nitrogens with zero attached hydrogens (tertiary/aromatic N) is 5. The average Bonchev–Trinajstić information content (AvgIpc) is 3.47. The summed E-state index contributed by atoms with van der Waals surface area (Å²) in [5.41, 5.74) is -2.95. The van der Waals surface area contributed by atoms with Crippen LogP contribution in [0, 0.1) is 18.3 Å². The fourth-order valence-electron chi connectivity index (χ4n) is 4.83. The minimum Gasteiger partial charge on any atom is -0.481 e. The molecule has 0 amide bonds. The van der Waals surface area contributed by atoms with Crippen LogP contribution >= 0.6 is 0 Å². The van der Waals surface area contributed by atoms with Crippen LogP contribution in [0.15, 0.2) is 70.4 Å². The van der Waals surface area contributed by atoms with Gasteiger partial charge in [0.05, 0.1) is 58.0 Å². The Morgan fingerprint density at radius 1 is 1.10 bits per heavy atom. The maximum atomic E-state index is 14.0. The third-order valence-corrected chi connectivity index (χ3v) is 6.85. The predicted octanol–water partition coefficient (Wildman–Crippen LogP) is 4.01. The molecule has 1 fully saturated rings. The van der Waals surface area contributed by atoms with Crippen molar-refractivity contribution in [1.82, 2.24) is 18.9 Å². The Balaban J connectivity index is 1.83. The number of nitriles is 1. The van der Waals surface area contributed by atoms with Crippen LogP contribution in [0.1, 0.15) is 36.1 Å². The maximum absolute atomic E-state index is 14.0. The molecule has 1 saturated carbocycles. The Kier molecular flexibility index (Phi) is 6.02. The van der Waals surface area contributed by atoms with Crippen molar-refractivity contribution in [1.29, 1.82) is 5.26 Å². The second-order valence-corrected chi connectivity index (χ2v) is 9.35. The van der Waals surface area contributed by atoms with E-state index in [0.29, 0.717) is 11.3 Å². The molecular formula is C27H20F3N5O4. The number of carbonyl (C=O) groups is 1. The lowest BCUT2D eigenvalue weighted by Crippen LogP contribution is -2.47. The standard InChI is InChI=1S/C27H20F3N5O4/c1-16-23(21-9-12-32-35(21)19-7-5-17(15-31)6-8-19)24(38)34(26(10-11-26)14-22(36)37)25(39)33(16)20-4-2-3-18(13-20)27(28,29)30/h2-9,12-13H,10-11,14H2,1H3,(H,36,37). The number of benzene rings is 2. The quantitative estimate of drug-likeness (QED) is 0.398. The van der Waals surface area contributed by atoms with Gasteiger partial charge in [0.2, 0.25) is 0 Å². The average molecular weight is 535 g/mol. The lowest BCUT2D eigenvalue weighted by Gasteiger charge is -2.23. The monoisotopic (exact) mass is 535 g/mol. The first-order valence-corrected chi connectivity index (χ1v) is 11.8. The van der Waals surface area contributed by atoms with E-state index >= 15 is 0 Å². The molecule has 5 rings (SSSR count). The Bertz CT molecular complexity index is 1770. The van der Waals surface area contributed by atoms with Crippen LogP contribution in [-0.2, 0) is 16.5 Å². The van der Waals surface area contributed by atoms with E-state index in [0.717, 1.165) is 27.3 Å². The summed E-state index contributed by atoms with van der Waals surface area (Å²) in [5.74, 6) is -1.21. The molecule has 39 heavy (non-hydrogen) atoms. The van der Waals surface area contributed by atoms with Crippen LogP contribution < -0.4 is 11.2 Å². The second kappa shape index (κ2) is 9.13. The summed E-state index contributed by atoms with van der Waals surface area (Å²) in [6.45, 7) is 1.44. The summed E-state index contributed by atoms with van der Waals surface area (Å²) >= 11 is 0. The molecule has 9 nitrogen and oxygen atoms in total. The second-order valence-electron chi connectivity index (χ2n) is 9.35. The molecule has 2 aromatic heterocycles. The molecule has 2 aromatic carbocycles. The molecule has 4 aromatic rings. The molecule has 198 valence electrons. The molecule has 1 N–H and O–H groups in total. The lowest BCUT2D eigenvalue weighted by atomic mass is 10.1. The number of hydrogen-bond donors (Lipinski definition) is 1. The van der Waals surface area contributed by atoms with Crippen molar-refractivity contribution in [2.75, 3.05) is 0 Å². The van der Waals surface area contributed by atoms with E-state index in [1.165, 1.54) is 29.9 Å². The van der Waals surface area contributed by atoms with Crippen LogP contribution in [0.2, 0.25) is 0 Å². The van der Waals surface area contributed by atoms with Crippen molar-refractivity contribution in [3.63, 3.8) is 0 Å². The van der Waals surface area contributed by atoms with Crippen molar-refractivity contribution in [3.05, 3.63) is 98.5 Å². The molecule has 2 heterocycles. The molecule has 1 aliphatic carbocycles. The Hall–Kier alpha value is -4.92. The minimum absolute atomic E-state index is 0.0227. The van der Waals surface area contributed by atoms with Gasteiger partial charge in [-0.25, -0.2) is 9.48 Å². The predicted molar refractivity (Wildman–Crippen MR) is 133 cm³/mol. The topological polar surface area (TPSA) is 123 Å². The van der Waals surface area contributed by atoms with Gasteiger partial charge in [-0.15, -0.1) is 0 Å². The van der Waals surface area contributed by atoms with Gasteiger partial charge in [-0.1, -0.05) is 6.07 Å². The summed E-state index contributed by atoms with van der Waals surface area (Å²) < 4.78 is 43.9. The normalized spacial score (nSPS) is 14.1. The van der Waals surface area contributed by atoms with Gasteiger partial charge in [0, 0.05) is 5.69 Å². The van der Waals surface area contributed by atoms with Gasteiger partial charge in [-0.2, -0.15) is 23.5 Å². The van der Waals surface area contributed by atoms with Crippen LogP contribution in [0.5, 0.6) is 0 Å². The highest BCUT2D eigenvalue weighted by atomic mass is 19.4. The molecule has 0 unspecified atom stereocenters. The van der Waals surface area contributed by atoms with E-state index in [4.69, 9.17) is 5.26 Å². The van der Waals surface area contributed by atoms with Crippen molar-refractivity contribution in [2.24, 2.45) is 0 Å². The van der Waals surface area contributed by atoms with Crippen LogP contribution in [0.4, 0.5) is 13.2 Å². The maximum Gasteiger partial charge on any atom is 0.416 e. The van der Waals surface area contributed by atoms with Gasteiger partial charge in [0.25, 0.3) is 5.56 Å². The lowest BCUT2D eigenvalue weighted by molar-refractivity contribution is -0.139. The van der Waals surface area contributed by atoms with E-state index < -0.39 is 40.9 Å². The first-order chi connectivity index (χ1) is 18.5. The minimum atomic E-state index is -4.68. The highest BCUT2D eigenvalue weighted by Crippen LogP contribution is 2.45.